The highest BCUT2D eigenvalue weighted by atomic mass is 16.1. The fourth-order valence-corrected chi connectivity index (χ4v) is 6.36. The van der Waals surface area contributed by atoms with E-state index in [0.717, 1.165) is 59.2 Å². The quantitative estimate of drug-likeness (QED) is 0.557. The number of aromatic nitrogens is 1. The molecular weight excluding hydrogens is 444 g/mol. The molecule has 184 valence electrons. The highest BCUT2D eigenvalue weighted by molar-refractivity contribution is 6.16. The Bertz CT molecular complexity index is 1380. The summed E-state index contributed by atoms with van der Waals surface area (Å²) in [6.07, 6.45) is 12.6. The molecule has 36 heavy (non-hydrogen) atoms. The van der Waals surface area contributed by atoms with Gasteiger partial charge in [0.15, 0.2) is 5.78 Å². The molecule has 6 rings (SSSR count). The van der Waals surface area contributed by atoms with E-state index in [4.69, 9.17) is 0 Å². The van der Waals surface area contributed by atoms with Crippen LogP contribution in [-0.2, 0) is 11.8 Å². The molecule has 1 aromatic carbocycles. The first kappa shape index (κ1) is 23.1. The third kappa shape index (κ3) is 3.60. The largest absolute Gasteiger partial charge is 0.371 e. The molecule has 0 atom stereocenters. The number of aromatic amines is 1. The number of rotatable bonds is 4. The lowest BCUT2D eigenvalue weighted by Gasteiger charge is -2.40. The van der Waals surface area contributed by atoms with Crippen LogP contribution >= 0.6 is 0 Å². The average Bonchev–Trinajstić information content (AvgIpc) is 3.10. The first-order valence-corrected chi connectivity index (χ1v) is 13.4. The number of benzene rings is 1. The van der Waals surface area contributed by atoms with Gasteiger partial charge >= 0.3 is 0 Å². The van der Waals surface area contributed by atoms with Crippen molar-refractivity contribution in [1.82, 2.24) is 10.3 Å². The van der Waals surface area contributed by atoms with Crippen LogP contribution < -0.4 is 10.2 Å². The van der Waals surface area contributed by atoms with Gasteiger partial charge in [-0.15, -0.1) is 5.73 Å². The third-order valence-electron chi connectivity index (χ3n) is 8.75. The van der Waals surface area contributed by atoms with Crippen molar-refractivity contribution in [2.45, 2.75) is 76.8 Å². The van der Waals surface area contributed by atoms with Crippen molar-refractivity contribution in [3.8, 4) is 6.07 Å². The van der Waals surface area contributed by atoms with Gasteiger partial charge in [-0.25, -0.2) is 0 Å². The van der Waals surface area contributed by atoms with Crippen LogP contribution in [0.5, 0.6) is 0 Å². The molecular formula is C31H34N4O. The van der Waals surface area contributed by atoms with Crippen LogP contribution in [0.4, 0.5) is 5.69 Å². The first-order valence-electron chi connectivity index (χ1n) is 13.4. The SMILES string of the molecule is CCc1cc2c(cc1N1CCC(NC3CCC3)CC1)C(C)(C)c1[nH]c3c(c1C2=O)C=C=CC(C#N)=C3. The maximum Gasteiger partial charge on any atom is 0.195 e. The summed E-state index contributed by atoms with van der Waals surface area (Å²) in [5.74, 6) is 0.0633. The van der Waals surface area contributed by atoms with E-state index >= 15 is 0 Å². The number of anilines is 1. The number of piperidine rings is 1. The van der Waals surface area contributed by atoms with Crippen molar-refractivity contribution >= 4 is 23.6 Å². The minimum atomic E-state index is -0.367. The molecule has 1 saturated carbocycles. The van der Waals surface area contributed by atoms with Gasteiger partial charge in [0.05, 0.1) is 17.2 Å². The zero-order chi connectivity index (χ0) is 25.0. The van der Waals surface area contributed by atoms with E-state index in [9.17, 15) is 10.1 Å². The van der Waals surface area contributed by atoms with Crippen molar-refractivity contribution in [2.75, 3.05) is 18.0 Å². The van der Waals surface area contributed by atoms with Gasteiger partial charge in [-0.1, -0.05) is 27.2 Å². The highest BCUT2D eigenvalue weighted by Gasteiger charge is 2.41. The van der Waals surface area contributed by atoms with Gasteiger partial charge in [0, 0.05) is 58.8 Å². The third-order valence-corrected chi connectivity index (χ3v) is 8.75. The van der Waals surface area contributed by atoms with E-state index in [1.165, 1.54) is 43.4 Å². The van der Waals surface area contributed by atoms with Crippen LogP contribution in [-0.4, -0.2) is 35.9 Å². The number of carbonyl (C=O) groups is 1. The Morgan fingerprint density at radius 3 is 2.58 bits per heavy atom. The van der Waals surface area contributed by atoms with Crippen molar-refractivity contribution < 1.29 is 4.79 Å². The van der Waals surface area contributed by atoms with E-state index in [2.05, 4.69) is 59.9 Å². The standard InChI is InChI=1S/C31H34N4O/c1-4-20-16-24-25(17-27(20)35-13-11-22(12-14-35)33-21-8-6-9-21)31(2,3)30-28(29(24)36)23-10-5-7-19(18-32)15-26(23)34-30/h7,10,15-17,21-22,33-34H,4,6,8-9,11-14H2,1-3H3. The van der Waals surface area contributed by atoms with E-state index in [1.54, 1.807) is 6.08 Å². The molecule has 2 heterocycles. The van der Waals surface area contributed by atoms with Gasteiger partial charge in [-0.2, -0.15) is 5.26 Å². The average molecular weight is 479 g/mol. The molecule has 0 unspecified atom stereocenters. The lowest BCUT2D eigenvalue weighted by atomic mass is 9.70. The summed E-state index contributed by atoms with van der Waals surface area (Å²) in [5, 5.41) is 13.3. The van der Waals surface area contributed by atoms with Gasteiger partial charge in [-0.05, 0) is 73.6 Å². The van der Waals surface area contributed by atoms with Crippen LogP contribution in [0.1, 0.15) is 96.9 Å². The summed E-state index contributed by atoms with van der Waals surface area (Å²) in [4.78, 5) is 20.0. The van der Waals surface area contributed by atoms with Crippen LogP contribution in [0.15, 0.2) is 29.5 Å². The van der Waals surface area contributed by atoms with Crippen LogP contribution in [0.3, 0.4) is 0 Å². The second-order valence-electron chi connectivity index (χ2n) is 11.3. The summed E-state index contributed by atoms with van der Waals surface area (Å²) in [6.45, 7) is 8.68. The molecule has 5 nitrogen and oxygen atoms in total. The lowest BCUT2D eigenvalue weighted by Crippen LogP contribution is -2.48. The van der Waals surface area contributed by atoms with E-state index in [1.807, 2.05) is 12.2 Å². The molecule has 5 heteroatoms. The number of aryl methyl sites for hydroxylation is 1. The monoisotopic (exact) mass is 478 g/mol. The highest BCUT2D eigenvalue weighted by Crippen LogP contribution is 2.46. The fraction of sp³-hybridized carbons (Fsp3) is 0.452. The number of allylic oxidation sites excluding steroid dienone is 2. The number of nitrogens with one attached hydrogen (secondary N) is 2. The zero-order valence-electron chi connectivity index (χ0n) is 21.5. The Morgan fingerprint density at radius 1 is 1.17 bits per heavy atom. The molecule has 1 saturated heterocycles. The molecule has 2 aromatic rings. The minimum Gasteiger partial charge on any atom is -0.371 e. The van der Waals surface area contributed by atoms with Gasteiger partial charge in [0.1, 0.15) is 0 Å². The number of hydrogen-bond donors (Lipinski definition) is 2. The Morgan fingerprint density at radius 2 is 1.92 bits per heavy atom. The van der Waals surface area contributed by atoms with Crippen molar-refractivity contribution in [1.29, 1.82) is 5.26 Å². The fourth-order valence-electron chi connectivity index (χ4n) is 6.36. The Balaban J connectivity index is 1.37. The van der Waals surface area contributed by atoms with Gasteiger partial charge < -0.3 is 15.2 Å². The van der Waals surface area contributed by atoms with Gasteiger partial charge in [-0.3, -0.25) is 4.79 Å². The van der Waals surface area contributed by atoms with Crippen LogP contribution in [0.25, 0.3) is 12.2 Å². The number of ketones is 1. The molecule has 3 aliphatic carbocycles. The molecule has 4 aliphatic rings. The predicted molar refractivity (Wildman–Crippen MR) is 144 cm³/mol. The van der Waals surface area contributed by atoms with Crippen LogP contribution in [0.2, 0.25) is 0 Å². The number of nitriles is 1. The molecule has 0 radical (unpaired) electrons. The molecule has 0 spiro atoms. The summed E-state index contributed by atoms with van der Waals surface area (Å²) < 4.78 is 0. The van der Waals surface area contributed by atoms with Gasteiger partial charge in [0.2, 0.25) is 0 Å². The van der Waals surface area contributed by atoms with Crippen molar-refractivity contribution in [3.05, 3.63) is 68.7 Å². The lowest BCUT2D eigenvalue weighted by molar-refractivity contribution is 0.103. The van der Waals surface area contributed by atoms with Crippen molar-refractivity contribution in [3.63, 3.8) is 0 Å². The van der Waals surface area contributed by atoms with E-state index in [-0.39, 0.29) is 11.2 Å². The summed E-state index contributed by atoms with van der Waals surface area (Å²) in [6, 6.07) is 8.01. The predicted octanol–water partition coefficient (Wildman–Crippen LogP) is 5.65. The van der Waals surface area contributed by atoms with Crippen LogP contribution in [0, 0.1) is 11.3 Å². The molecule has 0 bridgehead atoms. The second kappa shape index (κ2) is 8.66. The first-order chi connectivity index (χ1) is 17.4. The number of nitrogens with zero attached hydrogens (tertiary/aromatic N) is 2. The maximum atomic E-state index is 13.9. The van der Waals surface area contributed by atoms with E-state index < -0.39 is 0 Å². The Kier molecular flexibility index (Phi) is 5.56. The Hall–Kier alpha value is -3.32. The Labute approximate surface area is 213 Å². The molecule has 1 aliphatic heterocycles. The van der Waals surface area contributed by atoms with E-state index in [0.29, 0.717) is 11.6 Å². The maximum absolute atomic E-state index is 13.9. The molecule has 0 amide bonds. The molecule has 2 N–H and O–H groups in total. The number of H-pyrrole nitrogens is 1. The molecule has 2 fully saturated rings. The normalized spacial score (nSPS) is 20.7. The topological polar surface area (TPSA) is 71.9 Å². The summed E-state index contributed by atoms with van der Waals surface area (Å²) in [5.41, 5.74) is 11.0. The van der Waals surface area contributed by atoms with Crippen molar-refractivity contribution in [2.24, 2.45) is 0 Å². The zero-order valence-corrected chi connectivity index (χ0v) is 21.5. The number of hydrogen-bond acceptors (Lipinski definition) is 4. The smallest absolute Gasteiger partial charge is 0.195 e. The number of carbonyl (C=O) groups excluding carboxylic acids is 1. The summed E-state index contributed by atoms with van der Waals surface area (Å²) in [7, 11) is 0. The summed E-state index contributed by atoms with van der Waals surface area (Å²) >= 11 is 0. The number of fused-ring (bicyclic) bond motifs is 4. The molecule has 1 aromatic heterocycles. The van der Waals surface area contributed by atoms with Gasteiger partial charge in [0.25, 0.3) is 0 Å². The second-order valence-corrected chi connectivity index (χ2v) is 11.3. The minimum absolute atomic E-state index is 0.0633.